The smallest absolute Gasteiger partial charge is 0.0263 e. The minimum absolute atomic E-state index is 0.262. The molecule has 0 radical (unpaired) electrons. The highest BCUT2D eigenvalue weighted by molar-refractivity contribution is 7.84. The van der Waals surface area contributed by atoms with Crippen LogP contribution in [-0.2, 0) is 10.8 Å². The van der Waals surface area contributed by atoms with E-state index in [2.05, 4.69) is 0 Å². The molecule has 0 bridgehead atoms. The molecule has 2 unspecified atom stereocenters. The van der Waals surface area contributed by atoms with Gasteiger partial charge < -0.3 is 5.73 Å². The second kappa shape index (κ2) is 6.57. The zero-order valence-corrected chi connectivity index (χ0v) is 10.0. The van der Waals surface area contributed by atoms with E-state index in [1.54, 1.807) is 0 Å². The summed E-state index contributed by atoms with van der Waals surface area (Å²) in [5.74, 6) is 2.56. The maximum Gasteiger partial charge on any atom is 0.0263 e. The van der Waals surface area contributed by atoms with Gasteiger partial charge in [-0.05, 0) is 38.5 Å². The van der Waals surface area contributed by atoms with Crippen molar-refractivity contribution in [2.24, 2.45) is 11.7 Å². The lowest BCUT2D eigenvalue weighted by molar-refractivity contribution is 0.599. The van der Waals surface area contributed by atoms with Crippen LogP contribution in [0.25, 0.3) is 0 Å². The highest BCUT2D eigenvalue weighted by atomic mass is 32.2. The van der Waals surface area contributed by atoms with Gasteiger partial charge in [0.2, 0.25) is 0 Å². The second-order valence-electron chi connectivity index (χ2n) is 4.58. The zero-order chi connectivity index (χ0) is 10.4. The summed E-state index contributed by atoms with van der Waals surface area (Å²) in [4.78, 5) is 0. The van der Waals surface area contributed by atoms with E-state index in [9.17, 15) is 4.21 Å². The number of rotatable bonds is 6. The Morgan fingerprint density at radius 1 is 1.43 bits per heavy atom. The van der Waals surface area contributed by atoms with Gasteiger partial charge in [0.1, 0.15) is 0 Å². The van der Waals surface area contributed by atoms with Gasteiger partial charge in [0, 0.05) is 28.3 Å². The Morgan fingerprint density at radius 3 is 2.64 bits per heavy atom. The molecule has 0 saturated heterocycles. The van der Waals surface area contributed by atoms with Crippen molar-refractivity contribution in [3.8, 4) is 0 Å². The second-order valence-corrected chi connectivity index (χ2v) is 6.20. The number of nitrogens with two attached hydrogens (primary N) is 1. The van der Waals surface area contributed by atoms with Gasteiger partial charge >= 0.3 is 0 Å². The van der Waals surface area contributed by atoms with Crippen LogP contribution in [0.4, 0.5) is 0 Å². The summed E-state index contributed by atoms with van der Waals surface area (Å²) in [6.07, 6.45) is 7.34. The third-order valence-corrected chi connectivity index (χ3v) is 4.52. The molecule has 1 rings (SSSR count). The van der Waals surface area contributed by atoms with E-state index in [1.807, 2.05) is 6.92 Å². The molecular formula is C11H23NOS. The fourth-order valence-electron chi connectivity index (χ4n) is 2.09. The largest absolute Gasteiger partial charge is 0.328 e. The molecule has 0 aromatic heterocycles. The Kier molecular flexibility index (Phi) is 5.71. The average Bonchev–Trinajstić information content (AvgIpc) is 2.56. The minimum Gasteiger partial charge on any atom is -0.328 e. The minimum atomic E-state index is -0.582. The summed E-state index contributed by atoms with van der Waals surface area (Å²) < 4.78 is 11.7. The van der Waals surface area contributed by atoms with Crippen LogP contribution in [0.3, 0.4) is 0 Å². The van der Waals surface area contributed by atoms with Crippen molar-refractivity contribution in [1.82, 2.24) is 0 Å². The number of hydrogen-bond acceptors (Lipinski definition) is 2. The molecule has 1 aliphatic rings. The number of hydrogen-bond donors (Lipinski definition) is 1. The van der Waals surface area contributed by atoms with Crippen molar-refractivity contribution in [3.05, 3.63) is 0 Å². The Bertz CT molecular complexity index is 176. The van der Waals surface area contributed by atoms with Crippen molar-refractivity contribution < 1.29 is 4.21 Å². The molecule has 2 atom stereocenters. The average molecular weight is 217 g/mol. The van der Waals surface area contributed by atoms with E-state index in [-0.39, 0.29) is 6.04 Å². The van der Waals surface area contributed by atoms with Crippen molar-refractivity contribution in [2.45, 2.75) is 51.5 Å². The van der Waals surface area contributed by atoms with Gasteiger partial charge in [-0.2, -0.15) is 0 Å². The lowest BCUT2D eigenvalue weighted by atomic mass is 10.1. The van der Waals surface area contributed by atoms with Crippen LogP contribution in [0.5, 0.6) is 0 Å². The van der Waals surface area contributed by atoms with Gasteiger partial charge in [-0.15, -0.1) is 0 Å². The van der Waals surface area contributed by atoms with Crippen LogP contribution in [-0.4, -0.2) is 21.8 Å². The van der Waals surface area contributed by atoms with Gasteiger partial charge in [0.25, 0.3) is 0 Å². The van der Waals surface area contributed by atoms with Crippen molar-refractivity contribution in [2.75, 3.05) is 11.5 Å². The Labute approximate surface area is 90.1 Å². The first-order chi connectivity index (χ1) is 6.68. The van der Waals surface area contributed by atoms with Crippen LogP contribution in [0.15, 0.2) is 0 Å². The highest BCUT2D eigenvalue weighted by Gasteiger charge is 2.17. The molecule has 1 saturated carbocycles. The summed E-state index contributed by atoms with van der Waals surface area (Å²) in [7, 11) is -0.582. The van der Waals surface area contributed by atoms with Gasteiger partial charge in [-0.25, -0.2) is 0 Å². The maximum absolute atomic E-state index is 11.7. The van der Waals surface area contributed by atoms with E-state index in [4.69, 9.17) is 5.73 Å². The standard InChI is InChI=1S/C11H23NOS/c1-10(12)5-4-8-14(13)9-11-6-2-3-7-11/h10-11H,2-9,12H2,1H3. The predicted octanol–water partition coefficient (Wildman–Crippen LogP) is 2.05. The molecule has 0 heterocycles. The molecule has 0 spiro atoms. The third kappa shape index (κ3) is 5.11. The van der Waals surface area contributed by atoms with Crippen LogP contribution in [0, 0.1) is 5.92 Å². The van der Waals surface area contributed by atoms with Crippen LogP contribution < -0.4 is 5.73 Å². The van der Waals surface area contributed by atoms with E-state index in [0.29, 0.717) is 0 Å². The maximum atomic E-state index is 11.7. The first-order valence-corrected chi connectivity index (χ1v) is 7.28. The zero-order valence-electron chi connectivity index (χ0n) is 9.21. The van der Waals surface area contributed by atoms with Gasteiger partial charge in [-0.1, -0.05) is 12.8 Å². The summed E-state index contributed by atoms with van der Waals surface area (Å²) in [6, 6.07) is 0.262. The van der Waals surface area contributed by atoms with Crippen LogP contribution >= 0.6 is 0 Å². The molecular weight excluding hydrogens is 194 g/mol. The van der Waals surface area contributed by atoms with E-state index >= 15 is 0 Å². The summed E-state index contributed by atoms with van der Waals surface area (Å²) in [5.41, 5.74) is 5.64. The summed E-state index contributed by atoms with van der Waals surface area (Å²) in [6.45, 7) is 2.01. The normalized spacial score (nSPS) is 22.4. The molecule has 3 heteroatoms. The first kappa shape index (κ1) is 12.2. The van der Waals surface area contributed by atoms with E-state index < -0.39 is 10.8 Å². The monoisotopic (exact) mass is 217 g/mol. The Balaban J connectivity index is 2.03. The van der Waals surface area contributed by atoms with Gasteiger partial charge in [0.05, 0.1) is 0 Å². The summed E-state index contributed by atoms with van der Waals surface area (Å²) >= 11 is 0. The van der Waals surface area contributed by atoms with Crippen molar-refractivity contribution in [1.29, 1.82) is 0 Å². The van der Waals surface area contributed by atoms with Crippen molar-refractivity contribution in [3.63, 3.8) is 0 Å². The Hall–Kier alpha value is 0.110. The van der Waals surface area contributed by atoms with E-state index in [0.717, 1.165) is 30.3 Å². The van der Waals surface area contributed by atoms with Crippen LogP contribution in [0.1, 0.15) is 45.4 Å². The molecule has 0 aromatic carbocycles. The van der Waals surface area contributed by atoms with Crippen molar-refractivity contribution >= 4 is 10.8 Å². The summed E-state index contributed by atoms with van der Waals surface area (Å²) in [5, 5.41) is 0. The van der Waals surface area contributed by atoms with E-state index in [1.165, 1.54) is 25.7 Å². The lowest BCUT2D eigenvalue weighted by Gasteiger charge is -2.09. The molecule has 14 heavy (non-hydrogen) atoms. The molecule has 1 fully saturated rings. The Morgan fingerprint density at radius 2 is 2.07 bits per heavy atom. The fraction of sp³-hybridized carbons (Fsp3) is 1.00. The molecule has 0 aliphatic heterocycles. The molecule has 84 valence electrons. The highest BCUT2D eigenvalue weighted by Crippen LogP contribution is 2.25. The molecule has 2 N–H and O–H groups in total. The third-order valence-electron chi connectivity index (χ3n) is 2.93. The topological polar surface area (TPSA) is 43.1 Å². The lowest BCUT2D eigenvalue weighted by Crippen LogP contribution is -2.17. The molecule has 2 nitrogen and oxygen atoms in total. The molecule has 0 aromatic rings. The van der Waals surface area contributed by atoms with Crippen LogP contribution in [0.2, 0.25) is 0 Å². The fourth-order valence-corrected chi connectivity index (χ4v) is 3.60. The predicted molar refractivity (Wildman–Crippen MR) is 62.7 cm³/mol. The first-order valence-electron chi connectivity index (χ1n) is 5.79. The quantitative estimate of drug-likeness (QED) is 0.740. The molecule has 0 amide bonds. The molecule has 1 aliphatic carbocycles. The van der Waals surface area contributed by atoms with Gasteiger partial charge in [-0.3, -0.25) is 4.21 Å². The van der Waals surface area contributed by atoms with Gasteiger partial charge in [0.15, 0.2) is 0 Å². The SMILES string of the molecule is CC(N)CCCS(=O)CC1CCCC1.